The number of aryl methyl sites for hydroxylation is 2. The van der Waals surface area contributed by atoms with E-state index in [1.54, 1.807) is 37.3 Å². The lowest BCUT2D eigenvalue weighted by molar-refractivity contribution is -0.137. The molecular formula is C23H29F3N8O3S. The molecule has 1 unspecified atom stereocenters. The number of thiazole rings is 1. The van der Waals surface area contributed by atoms with Crippen LogP contribution in [0.2, 0.25) is 0 Å². The second-order valence-electron chi connectivity index (χ2n) is 8.65. The van der Waals surface area contributed by atoms with E-state index in [-0.39, 0.29) is 48.2 Å². The molecule has 1 fully saturated rings. The summed E-state index contributed by atoms with van der Waals surface area (Å²) in [5.74, 6) is 1.17. The van der Waals surface area contributed by atoms with Crippen molar-refractivity contribution in [2.75, 3.05) is 37.7 Å². The van der Waals surface area contributed by atoms with Crippen LogP contribution in [0.4, 0.5) is 18.2 Å². The topological polar surface area (TPSA) is 111 Å². The maximum Gasteiger partial charge on any atom is 0.443 e. The van der Waals surface area contributed by atoms with Crippen molar-refractivity contribution in [2.24, 2.45) is 0 Å². The van der Waals surface area contributed by atoms with Gasteiger partial charge in [0.1, 0.15) is 28.9 Å². The zero-order valence-corrected chi connectivity index (χ0v) is 22.6. The van der Waals surface area contributed by atoms with Crippen molar-refractivity contribution in [1.82, 2.24) is 34.6 Å². The van der Waals surface area contributed by atoms with Crippen molar-refractivity contribution >= 4 is 22.2 Å². The first kappa shape index (κ1) is 27.5. The molecule has 3 aromatic rings. The predicted octanol–water partition coefficient (Wildman–Crippen LogP) is 3.36. The number of amides is 1. The van der Waals surface area contributed by atoms with E-state index in [1.165, 1.54) is 6.20 Å². The Morgan fingerprint density at radius 3 is 2.47 bits per heavy atom. The molecule has 0 aromatic carbocycles. The summed E-state index contributed by atoms with van der Waals surface area (Å²) in [6.45, 7) is 10.5. The van der Waals surface area contributed by atoms with Crippen LogP contribution in [0.5, 0.6) is 11.9 Å². The minimum Gasteiger partial charge on any atom is -0.477 e. The van der Waals surface area contributed by atoms with Crippen LogP contribution >= 0.6 is 11.3 Å². The molecule has 4 rings (SSSR count). The first-order chi connectivity index (χ1) is 18.0. The summed E-state index contributed by atoms with van der Waals surface area (Å²) in [6, 6.07) is -0.209. The molecule has 1 amide bonds. The lowest BCUT2D eigenvalue weighted by atomic mass is 10.1. The largest absolute Gasteiger partial charge is 0.477 e. The van der Waals surface area contributed by atoms with Gasteiger partial charge < -0.3 is 19.3 Å². The zero-order valence-electron chi connectivity index (χ0n) is 21.7. The third-order valence-corrected chi connectivity index (χ3v) is 7.04. The van der Waals surface area contributed by atoms with Crippen LogP contribution in [0.25, 0.3) is 11.3 Å². The van der Waals surface area contributed by atoms with E-state index in [4.69, 9.17) is 9.47 Å². The first-order valence-electron chi connectivity index (χ1n) is 12.1. The first-order valence-corrected chi connectivity index (χ1v) is 13.0. The van der Waals surface area contributed by atoms with Crippen LogP contribution in [-0.4, -0.2) is 79.4 Å². The van der Waals surface area contributed by atoms with E-state index < -0.39 is 11.2 Å². The van der Waals surface area contributed by atoms with Crippen LogP contribution in [-0.2, 0) is 17.5 Å². The molecule has 0 saturated carbocycles. The highest BCUT2D eigenvalue weighted by Crippen LogP contribution is 2.45. The fraction of sp³-hybridized carbons (Fsp3) is 0.565. The van der Waals surface area contributed by atoms with E-state index in [0.29, 0.717) is 54.2 Å². The Balaban J connectivity index is 1.62. The number of alkyl halides is 3. The van der Waals surface area contributed by atoms with Gasteiger partial charge in [0, 0.05) is 31.9 Å². The number of carbonyl (C=O) groups is 1. The van der Waals surface area contributed by atoms with Crippen LogP contribution < -0.4 is 14.4 Å². The van der Waals surface area contributed by atoms with Crippen molar-refractivity contribution in [2.45, 2.75) is 53.4 Å². The van der Waals surface area contributed by atoms with Crippen molar-refractivity contribution in [1.29, 1.82) is 0 Å². The highest BCUT2D eigenvalue weighted by atomic mass is 32.1. The summed E-state index contributed by atoms with van der Waals surface area (Å²) in [4.78, 5) is 33.1. The number of hydrogen-bond acceptors (Lipinski definition) is 10. The normalized spacial score (nSPS) is 16.2. The highest BCUT2D eigenvalue weighted by Gasteiger charge is 2.39. The summed E-state index contributed by atoms with van der Waals surface area (Å²) in [5.41, 5.74) is 0.315. The van der Waals surface area contributed by atoms with Gasteiger partial charge in [-0.1, -0.05) is 11.3 Å². The maximum absolute atomic E-state index is 13.7. The Bertz CT molecular complexity index is 1300. The summed E-state index contributed by atoms with van der Waals surface area (Å²) >= 11 is 0.550. The van der Waals surface area contributed by atoms with Gasteiger partial charge in [-0.2, -0.15) is 23.3 Å². The van der Waals surface area contributed by atoms with Gasteiger partial charge in [0.2, 0.25) is 16.8 Å². The van der Waals surface area contributed by atoms with Gasteiger partial charge in [0.15, 0.2) is 0 Å². The van der Waals surface area contributed by atoms with Gasteiger partial charge in [-0.05, 0) is 34.6 Å². The van der Waals surface area contributed by atoms with Gasteiger partial charge in [-0.25, -0.2) is 19.6 Å². The molecule has 206 valence electrons. The number of nitrogens with zero attached hydrogens (tertiary/aromatic N) is 8. The molecule has 38 heavy (non-hydrogen) atoms. The highest BCUT2D eigenvalue weighted by molar-refractivity contribution is 7.16. The van der Waals surface area contributed by atoms with Gasteiger partial charge in [0.05, 0.1) is 18.8 Å². The lowest BCUT2D eigenvalue weighted by Crippen LogP contribution is -2.54. The number of halogens is 3. The number of piperazine rings is 1. The third kappa shape index (κ3) is 5.81. The smallest absolute Gasteiger partial charge is 0.443 e. The molecule has 4 heterocycles. The summed E-state index contributed by atoms with van der Waals surface area (Å²) in [6.07, 6.45) is -3.26. The van der Waals surface area contributed by atoms with E-state index in [9.17, 15) is 18.0 Å². The monoisotopic (exact) mass is 554 g/mol. The van der Waals surface area contributed by atoms with Crippen molar-refractivity contribution in [3.8, 4) is 23.1 Å². The van der Waals surface area contributed by atoms with Crippen LogP contribution in [0.15, 0.2) is 6.20 Å². The molecule has 0 aliphatic carbocycles. The molecule has 1 aliphatic rings. The molecule has 3 aromatic heterocycles. The minimum atomic E-state index is -4.63. The molecule has 11 nitrogen and oxygen atoms in total. The number of carbonyl (C=O) groups excluding carboxylic acids is 1. The fourth-order valence-electron chi connectivity index (χ4n) is 4.22. The summed E-state index contributed by atoms with van der Waals surface area (Å²) in [5, 5.41) is 3.57. The van der Waals surface area contributed by atoms with Crippen LogP contribution in [0.1, 0.15) is 37.4 Å². The molecular weight excluding hydrogens is 525 g/mol. The van der Waals surface area contributed by atoms with Crippen LogP contribution in [0.3, 0.4) is 0 Å². The van der Waals surface area contributed by atoms with E-state index in [0.717, 1.165) is 0 Å². The SMILES string of the molecule is CCOc1ncc(-c2nc(C(F)(F)F)sc2N2CCN(C(=O)Cn3nc(C)nc3C)C(C)C2)c(OCC)n1. The van der Waals surface area contributed by atoms with Crippen LogP contribution in [0, 0.1) is 13.8 Å². The second-order valence-corrected chi connectivity index (χ2v) is 9.63. The lowest BCUT2D eigenvalue weighted by Gasteiger charge is -2.40. The molecule has 1 saturated heterocycles. The quantitative estimate of drug-likeness (QED) is 0.414. The molecule has 1 atom stereocenters. The Morgan fingerprint density at radius 1 is 1.13 bits per heavy atom. The molecule has 15 heteroatoms. The minimum absolute atomic E-state index is 0.0439. The number of anilines is 1. The number of hydrogen-bond donors (Lipinski definition) is 0. The zero-order chi connectivity index (χ0) is 27.6. The Morgan fingerprint density at radius 2 is 1.87 bits per heavy atom. The summed E-state index contributed by atoms with van der Waals surface area (Å²) < 4.78 is 53.7. The third-order valence-electron chi connectivity index (χ3n) is 5.88. The molecule has 0 N–H and O–H groups in total. The van der Waals surface area contributed by atoms with Gasteiger partial charge >= 0.3 is 12.2 Å². The molecule has 1 aliphatic heterocycles. The standard InChI is InChI=1S/C23H29F3N8O3S/c1-6-36-19-16(10-27-22(30-19)37-7-2)18-20(38-21(29-18)23(24,25)26)32-8-9-33(13(3)11-32)17(35)12-34-15(5)28-14(4)31-34/h10,13H,6-9,11-12H2,1-5H3. The second kappa shape index (κ2) is 11.1. The van der Waals surface area contributed by atoms with Gasteiger partial charge in [-0.3, -0.25) is 4.79 Å². The Hall–Kier alpha value is -3.49. The molecule has 0 bridgehead atoms. The Kier molecular flexibility index (Phi) is 8.04. The van der Waals surface area contributed by atoms with E-state index in [2.05, 4.69) is 25.0 Å². The van der Waals surface area contributed by atoms with Gasteiger partial charge in [0.25, 0.3) is 0 Å². The fourth-order valence-corrected chi connectivity index (χ4v) is 5.21. The van der Waals surface area contributed by atoms with Crippen molar-refractivity contribution in [3.05, 3.63) is 22.9 Å². The number of aromatic nitrogens is 6. The average molecular weight is 555 g/mol. The van der Waals surface area contributed by atoms with Gasteiger partial charge in [-0.15, -0.1) is 0 Å². The molecule has 0 radical (unpaired) electrons. The molecule has 0 spiro atoms. The maximum atomic E-state index is 13.7. The van der Waals surface area contributed by atoms with Crippen molar-refractivity contribution < 1.29 is 27.4 Å². The number of ether oxygens (including phenoxy) is 2. The Labute approximate surface area is 221 Å². The average Bonchev–Trinajstić information content (AvgIpc) is 3.42. The predicted molar refractivity (Wildman–Crippen MR) is 133 cm³/mol. The van der Waals surface area contributed by atoms with E-state index in [1.807, 2.05) is 11.8 Å². The van der Waals surface area contributed by atoms with E-state index >= 15 is 0 Å². The summed E-state index contributed by atoms with van der Waals surface area (Å²) in [7, 11) is 0. The number of rotatable bonds is 8. The van der Waals surface area contributed by atoms with Crippen molar-refractivity contribution in [3.63, 3.8) is 0 Å².